The van der Waals surface area contributed by atoms with Gasteiger partial charge in [0.2, 0.25) is 5.91 Å². The average Bonchev–Trinajstić information content (AvgIpc) is 3.51. The van der Waals surface area contributed by atoms with Crippen molar-refractivity contribution in [3.05, 3.63) is 70.7 Å². The molecule has 0 bridgehead atoms. The number of benzene rings is 1. The molecule has 1 aliphatic rings. The Balaban J connectivity index is 1.39. The van der Waals surface area contributed by atoms with Crippen LogP contribution in [-0.4, -0.2) is 30.5 Å². The number of anilines is 1. The van der Waals surface area contributed by atoms with Crippen molar-refractivity contribution in [3.63, 3.8) is 0 Å². The zero-order valence-electron chi connectivity index (χ0n) is 18.7. The van der Waals surface area contributed by atoms with E-state index in [2.05, 4.69) is 20.5 Å². The number of aromatic nitrogens is 5. The van der Waals surface area contributed by atoms with Gasteiger partial charge in [-0.15, -0.1) is 0 Å². The minimum atomic E-state index is -4.53. The first-order valence-corrected chi connectivity index (χ1v) is 11.0. The van der Waals surface area contributed by atoms with E-state index in [1.165, 1.54) is 11.6 Å². The SMILES string of the molecule is Cc1nn(CC(=O)Nc2cc(C)n(Cc3ccccc3)n2)c2nc(C3CC3)cc(C(F)(F)F)c12. The number of alkyl halides is 3. The number of pyridine rings is 1. The summed E-state index contributed by atoms with van der Waals surface area (Å²) in [5.41, 5.74) is 1.85. The highest BCUT2D eigenvalue weighted by Crippen LogP contribution is 2.43. The zero-order valence-corrected chi connectivity index (χ0v) is 18.7. The summed E-state index contributed by atoms with van der Waals surface area (Å²) in [5.74, 6) is -0.0466. The van der Waals surface area contributed by atoms with Crippen molar-refractivity contribution in [2.75, 3.05) is 5.32 Å². The van der Waals surface area contributed by atoms with Gasteiger partial charge >= 0.3 is 6.18 Å². The fourth-order valence-electron chi connectivity index (χ4n) is 4.10. The number of rotatable bonds is 6. The molecule has 176 valence electrons. The Labute approximate surface area is 193 Å². The fourth-order valence-corrected chi connectivity index (χ4v) is 4.10. The molecule has 1 aliphatic carbocycles. The molecule has 10 heteroatoms. The third kappa shape index (κ3) is 4.40. The number of hydrogen-bond donors (Lipinski definition) is 1. The predicted octanol–water partition coefficient (Wildman–Crippen LogP) is 4.83. The van der Waals surface area contributed by atoms with Gasteiger partial charge in [-0.05, 0) is 38.3 Å². The van der Waals surface area contributed by atoms with Crippen LogP contribution in [0.15, 0.2) is 42.5 Å². The first-order valence-electron chi connectivity index (χ1n) is 11.0. The number of nitrogens with one attached hydrogen (secondary N) is 1. The molecule has 0 spiro atoms. The molecule has 0 aliphatic heterocycles. The lowest BCUT2D eigenvalue weighted by atomic mass is 10.1. The molecule has 3 heterocycles. The van der Waals surface area contributed by atoms with Crippen LogP contribution in [0.5, 0.6) is 0 Å². The van der Waals surface area contributed by atoms with E-state index in [0.29, 0.717) is 18.1 Å². The summed E-state index contributed by atoms with van der Waals surface area (Å²) in [7, 11) is 0. The van der Waals surface area contributed by atoms with E-state index in [1.54, 1.807) is 10.7 Å². The normalized spacial score (nSPS) is 14.0. The van der Waals surface area contributed by atoms with Crippen LogP contribution in [0.2, 0.25) is 0 Å². The van der Waals surface area contributed by atoms with Crippen LogP contribution in [0.4, 0.5) is 19.0 Å². The second kappa shape index (κ2) is 8.27. The summed E-state index contributed by atoms with van der Waals surface area (Å²) >= 11 is 0. The number of carbonyl (C=O) groups excluding carboxylic acids is 1. The Bertz CT molecular complexity index is 1370. The van der Waals surface area contributed by atoms with Crippen LogP contribution in [0.1, 0.15) is 47.0 Å². The average molecular weight is 468 g/mol. The van der Waals surface area contributed by atoms with Gasteiger partial charge in [-0.2, -0.15) is 23.4 Å². The van der Waals surface area contributed by atoms with Crippen molar-refractivity contribution in [2.45, 2.75) is 51.9 Å². The van der Waals surface area contributed by atoms with Gasteiger partial charge in [0.25, 0.3) is 0 Å². The molecule has 34 heavy (non-hydrogen) atoms. The third-order valence-corrected chi connectivity index (χ3v) is 5.92. The Morgan fingerprint density at radius 2 is 1.82 bits per heavy atom. The van der Waals surface area contributed by atoms with Crippen LogP contribution in [-0.2, 0) is 24.1 Å². The van der Waals surface area contributed by atoms with Crippen molar-refractivity contribution in [1.29, 1.82) is 0 Å². The van der Waals surface area contributed by atoms with E-state index >= 15 is 0 Å². The molecule has 0 unspecified atom stereocenters. The van der Waals surface area contributed by atoms with Crippen molar-refractivity contribution < 1.29 is 18.0 Å². The van der Waals surface area contributed by atoms with Crippen LogP contribution >= 0.6 is 0 Å². The van der Waals surface area contributed by atoms with Gasteiger partial charge in [-0.3, -0.25) is 9.48 Å². The van der Waals surface area contributed by atoms with Gasteiger partial charge in [0.1, 0.15) is 6.54 Å². The van der Waals surface area contributed by atoms with Crippen LogP contribution in [0, 0.1) is 13.8 Å². The van der Waals surface area contributed by atoms with Gasteiger partial charge in [0.15, 0.2) is 11.5 Å². The molecule has 0 saturated heterocycles. The largest absolute Gasteiger partial charge is 0.417 e. The van der Waals surface area contributed by atoms with E-state index in [4.69, 9.17) is 0 Å². The molecule has 4 aromatic rings. The van der Waals surface area contributed by atoms with E-state index in [1.807, 2.05) is 37.3 Å². The Kier molecular flexibility index (Phi) is 5.38. The maximum Gasteiger partial charge on any atom is 0.417 e. The molecule has 1 N–H and O–H groups in total. The fraction of sp³-hybridized carbons (Fsp3) is 0.333. The molecule has 1 saturated carbocycles. The smallest absolute Gasteiger partial charge is 0.308 e. The summed E-state index contributed by atoms with van der Waals surface area (Å²) in [6.07, 6.45) is -2.91. The van der Waals surface area contributed by atoms with Crippen molar-refractivity contribution in [2.24, 2.45) is 0 Å². The first-order chi connectivity index (χ1) is 16.2. The van der Waals surface area contributed by atoms with E-state index in [0.717, 1.165) is 30.2 Å². The van der Waals surface area contributed by atoms with E-state index < -0.39 is 17.6 Å². The van der Waals surface area contributed by atoms with Gasteiger partial charge in [0, 0.05) is 23.4 Å². The van der Waals surface area contributed by atoms with E-state index in [9.17, 15) is 18.0 Å². The van der Waals surface area contributed by atoms with Crippen molar-refractivity contribution in [1.82, 2.24) is 24.5 Å². The highest BCUT2D eigenvalue weighted by molar-refractivity contribution is 5.91. The molecule has 1 amide bonds. The minimum Gasteiger partial charge on any atom is -0.308 e. The van der Waals surface area contributed by atoms with E-state index in [-0.39, 0.29) is 29.2 Å². The number of nitrogens with zero attached hydrogens (tertiary/aromatic N) is 5. The number of hydrogen-bond acceptors (Lipinski definition) is 4. The lowest BCUT2D eigenvalue weighted by Gasteiger charge is -2.11. The summed E-state index contributed by atoms with van der Waals surface area (Å²) in [6, 6.07) is 12.7. The molecule has 0 radical (unpaired) electrons. The maximum atomic E-state index is 13.8. The van der Waals surface area contributed by atoms with Gasteiger partial charge in [-0.25, -0.2) is 9.67 Å². The molecule has 7 nitrogen and oxygen atoms in total. The van der Waals surface area contributed by atoms with Crippen LogP contribution in [0.3, 0.4) is 0 Å². The topological polar surface area (TPSA) is 77.6 Å². The number of carbonyl (C=O) groups is 1. The van der Waals surface area contributed by atoms with Gasteiger partial charge < -0.3 is 5.32 Å². The first kappa shape index (κ1) is 22.1. The second-order valence-electron chi connectivity index (χ2n) is 8.67. The maximum absolute atomic E-state index is 13.8. The third-order valence-electron chi connectivity index (χ3n) is 5.92. The van der Waals surface area contributed by atoms with Gasteiger partial charge in [0.05, 0.1) is 23.2 Å². The minimum absolute atomic E-state index is 0.0273. The number of halogens is 3. The van der Waals surface area contributed by atoms with Crippen molar-refractivity contribution >= 4 is 22.8 Å². The monoisotopic (exact) mass is 468 g/mol. The predicted molar refractivity (Wildman–Crippen MR) is 120 cm³/mol. The summed E-state index contributed by atoms with van der Waals surface area (Å²) in [5, 5.41) is 11.3. The number of aryl methyl sites for hydroxylation is 2. The number of amides is 1. The molecule has 1 aromatic carbocycles. The molecular weight excluding hydrogens is 445 g/mol. The van der Waals surface area contributed by atoms with Crippen LogP contribution in [0.25, 0.3) is 11.0 Å². The zero-order chi connectivity index (χ0) is 24.0. The lowest BCUT2D eigenvalue weighted by molar-refractivity contribution is -0.136. The molecular formula is C24H23F3N6O. The Hall–Kier alpha value is -3.69. The standard InChI is InChI=1S/C24H23F3N6O/c1-14-10-20(31-32(14)12-16-6-4-3-5-7-16)29-21(34)13-33-23-22(15(2)30-33)18(24(25,26)27)11-19(28-23)17-8-9-17/h3-7,10-11,17H,8-9,12-13H2,1-2H3,(H,29,31,34). The molecule has 1 fully saturated rings. The second-order valence-corrected chi connectivity index (χ2v) is 8.67. The highest BCUT2D eigenvalue weighted by atomic mass is 19.4. The molecule has 5 rings (SSSR count). The Morgan fingerprint density at radius 1 is 1.09 bits per heavy atom. The summed E-state index contributed by atoms with van der Waals surface area (Å²) in [4.78, 5) is 17.2. The highest BCUT2D eigenvalue weighted by Gasteiger charge is 2.37. The quantitative estimate of drug-likeness (QED) is 0.440. The Morgan fingerprint density at radius 3 is 2.50 bits per heavy atom. The summed E-state index contributed by atoms with van der Waals surface area (Å²) in [6.45, 7) is 3.67. The van der Waals surface area contributed by atoms with Crippen LogP contribution < -0.4 is 5.32 Å². The van der Waals surface area contributed by atoms with Crippen molar-refractivity contribution in [3.8, 4) is 0 Å². The lowest BCUT2D eigenvalue weighted by Crippen LogP contribution is -2.20. The summed E-state index contributed by atoms with van der Waals surface area (Å²) < 4.78 is 44.3. The molecule has 3 aromatic heterocycles. The van der Waals surface area contributed by atoms with Gasteiger partial charge in [-0.1, -0.05) is 30.3 Å². The molecule has 0 atom stereocenters. The number of fused-ring (bicyclic) bond motifs is 1.